The Morgan fingerprint density at radius 1 is 0.853 bits per heavy atom. The lowest BCUT2D eigenvalue weighted by Crippen LogP contribution is -2.67. The van der Waals surface area contributed by atoms with Crippen LogP contribution < -0.4 is 0 Å². The van der Waals surface area contributed by atoms with Gasteiger partial charge < -0.3 is 5.11 Å². The number of sulfonamides is 1. The average Bonchev–Trinajstić information content (AvgIpc) is 2.84. The molecule has 0 saturated carbocycles. The average molecular weight is 481 g/mol. The molecule has 0 aliphatic carbocycles. The molecule has 2 aliphatic heterocycles. The van der Waals surface area contributed by atoms with E-state index in [-0.39, 0.29) is 36.0 Å². The number of fused-ring (bicyclic) bond motifs is 1. The minimum atomic E-state index is -3.96. The Bertz CT molecular complexity index is 1230. The summed E-state index contributed by atoms with van der Waals surface area (Å²) in [5.74, 6) is -0.720. The highest BCUT2D eigenvalue weighted by molar-refractivity contribution is 7.89. The van der Waals surface area contributed by atoms with E-state index in [1.165, 1.54) is 22.5 Å². The van der Waals surface area contributed by atoms with Gasteiger partial charge in [0.1, 0.15) is 10.7 Å². The number of rotatable bonds is 5. The van der Waals surface area contributed by atoms with Gasteiger partial charge in [-0.2, -0.15) is 4.31 Å². The molecule has 0 aromatic heterocycles. The summed E-state index contributed by atoms with van der Waals surface area (Å²) < 4.78 is 42.6. The third-order valence-corrected chi connectivity index (χ3v) is 9.09. The van der Waals surface area contributed by atoms with Gasteiger partial charge in [-0.3, -0.25) is 4.90 Å². The van der Waals surface area contributed by atoms with Gasteiger partial charge in [0.05, 0.1) is 6.61 Å². The van der Waals surface area contributed by atoms with Crippen LogP contribution >= 0.6 is 0 Å². The number of hydrogen-bond acceptors (Lipinski definition) is 4. The SMILES string of the molecule is O=S(=O)(c1ccccc1F)N1CCCCN2[C@@H](CO)[C@@H](c3ccc(-c4ccccc4)cc3)[C@@H]2C1. The molecule has 178 valence electrons. The Labute approximate surface area is 200 Å². The standard InChI is InChI=1S/C27H29FN2O3S/c28-23-10-4-5-11-26(23)34(32,33)29-16-6-7-17-30-24(18-29)27(25(30)19-31)22-14-12-21(13-15-22)20-8-2-1-3-9-20/h1-5,8-15,24-25,27,31H,6-7,16-19H2/t24-,25-,27-/m0/s1. The van der Waals surface area contributed by atoms with Gasteiger partial charge in [0.2, 0.25) is 10.0 Å². The molecule has 1 N–H and O–H groups in total. The Kier molecular flexibility index (Phi) is 6.53. The van der Waals surface area contributed by atoms with Crippen LogP contribution in [-0.4, -0.2) is 61.1 Å². The molecule has 34 heavy (non-hydrogen) atoms. The first-order chi connectivity index (χ1) is 16.5. The minimum absolute atomic E-state index is 0.00578. The molecular formula is C27H29FN2O3S. The van der Waals surface area contributed by atoms with Gasteiger partial charge in [-0.05, 0) is 48.2 Å². The maximum absolute atomic E-state index is 14.4. The first-order valence-corrected chi connectivity index (χ1v) is 13.2. The molecule has 3 atom stereocenters. The summed E-state index contributed by atoms with van der Waals surface area (Å²) in [6.45, 7) is 1.48. The fraction of sp³-hybridized carbons (Fsp3) is 0.333. The van der Waals surface area contributed by atoms with Gasteiger partial charge in [0.25, 0.3) is 0 Å². The van der Waals surface area contributed by atoms with Gasteiger partial charge in [-0.1, -0.05) is 66.7 Å². The van der Waals surface area contributed by atoms with Crippen molar-refractivity contribution in [3.8, 4) is 11.1 Å². The van der Waals surface area contributed by atoms with E-state index in [9.17, 15) is 17.9 Å². The fourth-order valence-corrected chi connectivity index (χ4v) is 7.01. The topological polar surface area (TPSA) is 60.9 Å². The van der Waals surface area contributed by atoms with Crippen molar-refractivity contribution in [3.05, 3.63) is 90.2 Å². The van der Waals surface area contributed by atoms with E-state index in [1.54, 1.807) is 6.07 Å². The molecule has 0 radical (unpaired) electrons. The number of hydrogen-bond donors (Lipinski definition) is 1. The highest BCUT2D eigenvalue weighted by atomic mass is 32.2. The van der Waals surface area contributed by atoms with E-state index < -0.39 is 15.8 Å². The van der Waals surface area contributed by atoms with Crippen molar-refractivity contribution < 1.29 is 17.9 Å². The summed E-state index contributed by atoms with van der Waals surface area (Å²) in [4.78, 5) is 1.95. The predicted octanol–water partition coefficient (Wildman–Crippen LogP) is 4.11. The third-order valence-electron chi connectivity index (χ3n) is 7.19. The molecule has 2 saturated heterocycles. The monoisotopic (exact) mass is 480 g/mol. The van der Waals surface area contributed by atoms with Crippen molar-refractivity contribution in [2.75, 3.05) is 26.2 Å². The van der Waals surface area contributed by atoms with Gasteiger partial charge in [-0.15, -0.1) is 0 Å². The largest absolute Gasteiger partial charge is 0.395 e. The molecule has 5 nitrogen and oxygen atoms in total. The third kappa shape index (κ3) is 4.18. The lowest BCUT2D eigenvalue weighted by atomic mass is 9.74. The molecule has 2 heterocycles. The van der Waals surface area contributed by atoms with Gasteiger partial charge in [0.15, 0.2) is 0 Å². The zero-order valence-corrected chi connectivity index (χ0v) is 19.7. The summed E-state index contributed by atoms with van der Waals surface area (Å²) in [6.07, 6.45) is 1.53. The second-order valence-electron chi connectivity index (χ2n) is 9.07. The molecule has 0 unspecified atom stereocenters. The normalized spacial score (nSPS) is 24.0. The predicted molar refractivity (Wildman–Crippen MR) is 130 cm³/mol. The first-order valence-electron chi connectivity index (χ1n) is 11.8. The van der Waals surface area contributed by atoms with Crippen LogP contribution in [0.15, 0.2) is 83.8 Å². The fourth-order valence-electron chi connectivity index (χ4n) is 5.45. The van der Waals surface area contributed by atoms with E-state index in [2.05, 4.69) is 41.3 Å². The molecule has 5 rings (SSSR count). The summed E-state index contributed by atoms with van der Waals surface area (Å²) in [6, 6.07) is 23.9. The zero-order valence-electron chi connectivity index (χ0n) is 18.9. The second-order valence-corrected chi connectivity index (χ2v) is 11.0. The van der Waals surface area contributed by atoms with Gasteiger partial charge in [0, 0.05) is 31.1 Å². The minimum Gasteiger partial charge on any atom is -0.395 e. The molecule has 0 spiro atoms. The number of aliphatic hydroxyl groups is 1. The van der Waals surface area contributed by atoms with Gasteiger partial charge in [-0.25, -0.2) is 12.8 Å². The lowest BCUT2D eigenvalue weighted by Gasteiger charge is -2.57. The van der Waals surface area contributed by atoms with E-state index >= 15 is 0 Å². The maximum atomic E-state index is 14.4. The zero-order chi connectivity index (χ0) is 23.7. The smallest absolute Gasteiger partial charge is 0.246 e. The number of aliphatic hydroxyl groups excluding tert-OH is 1. The van der Waals surface area contributed by atoms with E-state index in [4.69, 9.17) is 0 Å². The molecular weight excluding hydrogens is 451 g/mol. The molecule has 3 aromatic carbocycles. The van der Waals surface area contributed by atoms with Crippen LogP contribution in [0.4, 0.5) is 4.39 Å². The summed E-state index contributed by atoms with van der Waals surface area (Å²) in [5, 5.41) is 10.2. The van der Waals surface area contributed by atoms with Crippen LogP contribution in [0.3, 0.4) is 0 Å². The Morgan fingerprint density at radius 2 is 1.50 bits per heavy atom. The Morgan fingerprint density at radius 3 is 2.21 bits per heavy atom. The van der Waals surface area contributed by atoms with Crippen LogP contribution in [0.1, 0.15) is 24.3 Å². The number of benzene rings is 3. The van der Waals surface area contributed by atoms with Crippen molar-refractivity contribution in [3.63, 3.8) is 0 Å². The summed E-state index contributed by atoms with van der Waals surface area (Å²) in [5.41, 5.74) is 3.34. The van der Waals surface area contributed by atoms with Crippen LogP contribution in [0.2, 0.25) is 0 Å². The Hall–Kier alpha value is -2.58. The number of halogens is 1. The van der Waals surface area contributed by atoms with Crippen LogP contribution in [0.25, 0.3) is 11.1 Å². The van der Waals surface area contributed by atoms with Crippen LogP contribution in [0, 0.1) is 5.82 Å². The maximum Gasteiger partial charge on any atom is 0.246 e. The van der Waals surface area contributed by atoms with E-state index in [1.807, 2.05) is 18.2 Å². The van der Waals surface area contributed by atoms with E-state index in [0.717, 1.165) is 29.7 Å². The van der Waals surface area contributed by atoms with Gasteiger partial charge >= 0.3 is 0 Å². The first kappa shape index (κ1) is 23.2. The quantitative estimate of drug-likeness (QED) is 0.597. The highest BCUT2D eigenvalue weighted by Crippen LogP contribution is 2.43. The summed E-state index contributed by atoms with van der Waals surface area (Å²) >= 11 is 0. The van der Waals surface area contributed by atoms with Crippen LogP contribution in [-0.2, 0) is 10.0 Å². The molecule has 0 bridgehead atoms. The molecule has 7 heteroatoms. The molecule has 0 amide bonds. The number of nitrogens with zero attached hydrogens (tertiary/aromatic N) is 2. The molecule has 2 aliphatic rings. The van der Waals surface area contributed by atoms with Crippen LogP contribution in [0.5, 0.6) is 0 Å². The van der Waals surface area contributed by atoms with Crippen molar-refractivity contribution in [1.29, 1.82) is 0 Å². The molecule has 2 fully saturated rings. The summed E-state index contributed by atoms with van der Waals surface area (Å²) in [7, 11) is -3.96. The Balaban J connectivity index is 1.44. The van der Waals surface area contributed by atoms with Crippen molar-refractivity contribution in [1.82, 2.24) is 9.21 Å². The molecule has 3 aromatic rings. The van der Waals surface area contributed by atoms with Crippen molar-refractivity contribution in [2.24, 2.45) is 0 Å². The highest BCUT2D eigenvalue weighted by Gasteiger charge is 2.50. The second kappa shape index (κ2) is 9.58. The van der Waals surface area contributed by atoms with Crippen molar-refractivity contribution in [2.45, 2.75) is 35.7 Å². The van der Waals surface area contributed by atoms with E-state index in [0.29, 0.717) is 13.0 Å². The lowest BCUT2D eigenvalue weighted by molar-refractivity contribution is -0.0554. The van der Waals surface area contributed by atoms with Crippen molar-refractivity contribution >= 4 is 10.0 Å².